The number of imidazole rings is 1. The van der Waals surface area contributed by atoms with E-state index in [9.17, 15) is 4.79 Å². The molecule has 0 amide bonds. The number of methoxy groups -OCH3 is 1. The van der Waals surface area contributed by atoms with Gasteiger partial charge in [-0.2, -0.15) is 0 Å². The summed E-state index contributed by atoms with van der Waals surface area (Å²) in [6.45, 7) is 3.95. The Bertz CT molecular complexity index is 322. The predicted octanol–water partition coefficient (Wildman–Crippen LogP) is 0.508. The van der Waals surface area contributed by atoms with Gasteiger partial charge in [0, 0.05) is 19.3 Å². The topological polar surface area (TPSA) is 47.4 Å². The smallest absolute Gasteiger partial charge is 0.319 e. The monoisotopic (exact) mass is 211 g/mol. The molecule has 0 radical (unpaired) electrons. The van der Waals surface area contributed by atoms with E-state index in [1.54, 1.807) is 6.33 Å². The second-order valence-corrected chi connectivity index (χ2v) is 3.42. The van der Waals surface area contributed by atoms with E-state index in [1.165, 1.54) is 7.11 Å². The summed E-state index contributed by atoms with van der Waals surface area (Å²) in [5.74, 6) is -0.222. The van der Waals surface area contributed by atoms with Crippen molar-refractivity contribution in [2.45, 2.75) is 20.0 Å². The molecule has 0 fully saturated rings. The normalized spacial score (nSPS) is 10.7. The molecule has 1 rings (SSSR count). The molecule has 0 aliphatic rings. The summed E-state index contributed by atoms with van der Waals surface area (Å²) in [7, 11) is 3.27. The van der Waals surface area contributed by atoms with Gasteiger partial charge in [-0.25, -0.2) is 4.98 Å². The molecule has 0 N–H and O–H groups in total. The van der Waals surface area contributed by atoms with Crippen molar-refractivity contribution >= 4 is 5.97 Å². The minimum Gasteiger partial charge on any atom is -0.468 e. The number of aryl methyl sites for hydroxylation is 1. The van der Waals surface area contributed by atoms with Gasteiger partial charge in [0.25, 0.3) is 0 Å². The van der Waals surface area contributed by atoms with Crippen molar-refractivity contribution in [3.8, 4) is 0 Å². The Morgan fingerprint density at radius 2 is 2.40 bits per heavy atom. The number of nitrogens with zero attached hydrogens (tertiary/aromatic N) is 3. The van der Waals surface area contributed by atoms with E-state index in [4.69, 9.17) is 0 Å². The van der Waals surface area contributed by atoms with Gasteiger partial charge < -0.3 is 9.30 Å². The van der Waals surface area contributed by atoms with Crippen molar-refractivity contribution < 1.29 is 9.53 Å². The predicted molar refractivity (Wildman–Crippen MR) is 56.3 cm³/mol. The molecule has 1 aromatic heterocycles. The van der Waals surface area contributed by atoms with E-state index < -0.39 is 0 Å². The number of hydrogen-bond acceptors (Lipinski definition) is 4. The lowest BCUT2D eigenvalue weighted by atomic mass is 10.4. The number of aromatic nitrogens is 2. The number of hydrogen-bond donors (Lipinski definition) is 0. The first-order chi connectivity index (χ1) is 7.17. The first-order valence-corrected chi connectivity index (χ1v) is 4.91. The molecule has 1 aromatic rings. The van der Waals surface area contributed by atoms with Gasteiger partial charge in [-0.1, -0.05) is 0 Å². The third-order valence-electron chi connectivity index (χ3n) is 2.20. The molecule has 0 spiro atoms. The van der Waals surface area contributed by atoms with Gasteiger partial charge in [-0.3, -0.25) is 9.69 Å². The van der Waals surface area contributed by atoms with Crippen LogP contribution in [0.25, 0.3) is 0 Å². The van der Waals surface area contributed by atoms with E-state index in [-0.39, 0.29) is 5.97 Å². The fourth-order valence-corrected chi connectivity index (χ4v) is 1.38. The minimum atomic E-state index is -0.222. The summed E-state index contributed by atoms with van der Waals surface area (Å²) in [6.07, 6.45) is 3.61. The second kappa shape index (κ2) is 5.50. The third-order valence-corrected chi connectivity index (χ3v) is 2.20. The van der Waals surface area contributed by atoms with Gasteiger partial charge in [-0.05, 0) is 14.0 Å². The lowest BCUT2D eigenvalue weighted by Gasteiger charge is -2.15. The van der Waals surface area contributed by atoms with Gasteiger partial charge in [0.15, 0.2) is 0 Å². The van der Waals surface area contributed by atoms with Gasteiger partial charge >= 0.3 is 5.97 Å². The number of carbonyl (C=O) groups excluding carboxylic acids is 1. The maximum atomic E-state index is 11.0. The molecule has 5 nitrogen and oxygen atoms in total. The summed E-state index contributed by atoms with van der Waals surface area (Å²) in [4.78, 5) is 17.0. The summed E-state index contributed by atoms with van der Waals surface area (Å²) in [5.41, 5.74) is 1.10. The van der Waals surface area contributed by atoms with Crippen molar-refractivity contribution in [1.82, 2.24) is 14.5 Å². The summed E-state index contributed by atoms with van der Waals surface area (Å²) < 4.78 is 6.64. The Kier molecular flexibility index (Phi) is 4.30. The zero-order chi connectivity index (χ0) is 11.3. The highest BCUT2D eigenvalue weighted by molar-refractivity contribution is 5.71. The Morgan fingerprint density at radius 1 is 1.67 bits per heavy atom. The molecule has 84 valence electrons. The molecule has 1 heterocycles. The molecule has 0 saturated carbocycles. The van der Waals surface area contributed by atoms with Crippen molar-refractivity contribution in [3.05, 3.63) is 18.2 Å². The molecular weight excluding hydrogens is 194 g/mol. The molecule has 0 atom stereocenters. The molecule has 0 unspecified atom stereocenters. The molecule has 0 aliphatic heterocycles. The average molecular weight is 211 g/mol. The van der Waals surface area contributed by atoms with Crippen LogP contribution in [-0.2, 0) is 22.6 Å². The van der Waals surface area contributed by atoms with E-state index >= 15 is 0 Å². The first kappa shape index (κ1) is 11.7. The average Bonchev–Trinajstić information content (AvgIpc) is 2.64. The highest BCUT2D eigenvalue weighted by Crippen LogP contribution is 2.02. The number of likely N-dealkylation sites (N-methyl/N-ethyl adjacent to an activating group) is 1. The maximum absolute atomic E-state index is 11.0. The summed E-state index contributed by atoms with van der Waals surface area (Å²) >= 11 is 0. The molecule has 0 aliphatic carbocycles. The third kappa shape index (κ3) is 3.36. The lowest BCUT2D eigenvalue weighted by molar-refractivity contribution is -0.141. The van der Waals surface area contributed by atoms with Gasteiger partial charge in [0.1, 0.15) is 0 Å². The van der Waals surface area contributed by atoms with Crippen molar-refractivity contribution in [2.75, 3.05) is 20.7 Å². The summed E-state index contributed by atoms with van der Waals surface area (Å²) in [6, 6.07) is 0. The Hall–Kier alpha value is -1.36. The van der Waals surface area contributed by atoms with E-state index in [0.29, 0.717) is 13.1 Å². The zero-order valence-electron chi connectivity index (χ0n) is 9.43. The second-order valence-electron chi connectivity index (χ2n) is 3.42. The number of carbonyl (C=O) groups is 1. The van der Waals surface area contributed by atoms with Crippen LogP contribution in [-0.4, -0.2) is 41.1 Å². The molecule has 0 saturated heterocycles. The minimum absolute atomic E-state index is 0.222. The highest BCUT2D eigenvalue weighted by Gasteiger charge is 2.08. The molecule has 15 heavy (non-hydrogen) atoms. The van der Waals surface area contributed by atoms with E-state index in [2.05, 4.69) is 16.6 Å². The highest BCUT2D eigenvalue weighted by atomic mass is 16.5. The van der Waals surface area contributed by atoms with Crippen LogP contribution < -0.4 is 0 Å². The van der Waals surface area contributed by atoms with E-state index in [0.717, 1.165) is 12.2 Å². The standard InChI is InChI=1S/C10H17N3O2/c1-4-13-8-11-5-9(13)6-12(2)7-10(14)15-3/h5,8H,4,6-7H2,1-3H3. The fraction of sp³-hybridized carbons (Fsp3) is 0.600. The fourth-order valence-electron chi connectivity index (χ4n) is 1.38. The largest absolute Gasteiger partial charge is 0.468 e. The number of esters is 1. The number of rotatable bonds is 5. The van der Waals surface area contributed by atoms with Crippen LogP contribution in [0.3, 0.4) is 0 Å². The van der Waals surface area contributed by atoms with Crippen LogP contribution in [0.15, 0.2) is 12.5 Å². The van der Waals surface area contributed by atoms with Crippen molar-refractivity contribution in [3.63, 3.8) is 0 Å². The first-order valence-electron chi connectivity index (χ1n) is 4.91. The maximum Gasteiger partial charge on any atom is 0.319 e. The Labute approximate surface area is 89.7 Å². The summed E-state index contributed by atoms with van der Waals surface area (Å²) in [5, 5.41) is 0. The molecule has 0 aromatic carbocycles. The van der Waals surface area contributed by atoms with Crippen LogP contribution >= 0.6 is 0 Å². The zero-order valence-corrected chi connectivity index (χ0v) is 9.43. The van der Waals surface area contributed by atoms with Crippen molar-refractivity contribution in [2.24, 2.45) is 0 Å². The quantitative estimate of drug-likeness (QED) is 0.666. The van der Waals surface area contributed by atoms with Crippen LogP contribution in [0.2, 0.25) is 0 Å². The van der Waals surface area contributed by atoms with Gasteiger partial charge in [-0.15, -0.1) is 0 Å². The number of ether oxygens (including phenoxy) is 1. The van der Waals surface area contributed by atoms with Gasteiger partial charge in [0.2, 0.25) is 0 Å². The van der Waals surface area contributed by atoms with Crippen LogP contribution in [0.4, 0.5) is 0 Å². The van der Waals surface area contributed by atoms with Crippen LogP contribution in [0, 0.1) is 0 Å². The lowest BCUT2D eigenvalue weighted by Crippen LogP contribution is -2.27. The Morgan fingerprint density at radius 3 is 3.00 bits per heavy atom. The SMILES string of the molecule is CCn1cncc1CN(C)CC(=O)OC. The van der Waals surface area contributed by atoms with Crippen molar-refractivity contribution in [1.29, 1.82) is 0 Å². The van der Waals surface area contributed by atoms with Crippen LogP contribution in [0.1, 0.15) is 12.6 Å². The van der Waals surface area contributed by atoms with Gasteiger partial charge in [0.05, 0.1) is 25.7 Å². The molecule has 0 bridgehead atoms. The molecule has 5 heteroatoms. The Balaban J connectivity index is 2.50. The molecular formula is C10H17N3O2. The van der Waals surface area contributed by atoms with E-state index in [1.807, 2.05) is 22.7 Å². The van der Waals surface area contributed by atoms with Crippen LogP contribution in [0.5, 0.6) is 0 Å².